The molecule has 0 aliphatic carbocycles. The summed E-state index contributed by atoms with van der Waals surface area (Å²) < 4.78 is 5.20. The zero-order valence-corrected chi connectivity index (χ0v) is 11.1. The van der Waals surface area contributed by atoms with Crippen LogP contribution in [0.1, 0.15) is 5.82 Å². The Bertz CT molecular complexity index is 724. The fraction of sp³-hybridized carbons (Fsp3) is 0.143. The van der Waals surface area contributed by atoms with Crippen molar-refractivity contribution in [2.75, 3.05) is 6.26 Å². The molecule has 96 valence electrons. The number of phenolic OH excluding ortho intramolecular Hbond substituents is 1. The van der Waals surface area contributed by atoms with Gasteiger partial charge < -0.3 is 9.63 Å². The number of benzene rings is 2. The Balaban J connectivity index is 2.11. The topological polar surface area (TPSA) is 59.2 Å². The first-order valence-corrected chi connectivity index (χ1v) is 7.21. The van der Waals surface area contributed by atoms with Crippen molar-refractivity contribution in [3.63, 3.8) is 0 Å². The predicted octanol–water partition coefficient (Wildman–Crippen LogP) is 3.46. The van der Waals surface area contributed by atoms with Crippen molar-refractivity contribution in [2.24, 2.45) is 0 Å². The van der Waals surface area contributed by atoms with E-state index in [0.29, 0.717) is 23.0 Å². The maximum absolute atomic E-state index is 10.3. The third kappa shape index (κ3) is 2.17. The molecule has 4 nitrogen and oxygen atoms in total. The third-order valence-corrected chi connectivity index (χ3v) is 3.42. The van der Waals surface area contributed by atoms with E-state index in [4.69, 9.17) is 4.52 Å². The Labute approximate surface area is 114 Å². The van der Waals surface area contributed by atoms with Crippen LogP contribution in [0.3, 0.4) is 0 Å². The fourth-order valence-corrected chi connectivity index (χ4v) is 2.35. The van der Waals surface area contributed by atoms with Gasteiger partial charge in [0.25, 0.3) is 5.89 Å². The van der Waals surface area contributed by atoms with Crippen LogP contribution in [0.5, 0.6) is 5.75 Å². The summed E-state index contributed by atoms with van der Waals surface area (Å²) in [5.74, 6) is 1.86. The Morgan fingerprint density at radius 3 is 2.89 bits per heavy atom. The van der Waals surface area contributed by atoms with Crippen LogP contribution in [0.2, 0.25) is 0 Å². The quantitative estimate of drug-likeness (QED) is 0.791. The van der Waals surface area contributed by atoms with Gasteiger partial charge in [0.15, 0.2) is 5.82 Å². The number of rotatable bonds is 3. The van der Waals surface area contributed by atoms with Gasteiger partial charge in [-0.2, -0.15) is 16.7 Å². The Morgan fingerprint density at radius 2 is 2.05 bits per heavy atom. The standard InChI is InChI=1S/C14H12N2O2S/c1-19-8-12-15-14(18-16-12)11-7-6-9-4-2-3-5-10(9)13(11)17/h2-7,17H,8H2,1H3. The van der Waals surface area contributed by atoms with Gasteiger partial charge in [-0.05, 0) is 17.7 Å². The number of aromatic hydroxyl groups is 1. The summed E-state index contributed by atoms with van der Waals surface area (Å²) >= 11 is 1.62. The molecule has 1 N–H and O–H groups in total. The minimum absolute atomic E-state index is 0.178. The predicted molar refractivity (Wildman–Crippen MR) is 76.1 cm³/mol. The lowest BCUT2D eigenvalue weighted by molar-refractivity contribution is 0.420. The van der Waals surface area contributed by atoms with Gasteiger partial charge in [-0.15, -0.1) is 0 Å². The molecule has 0 saturated carbocycles. The zero-order valence-electron chi connectivity index (χ0n) is 10.3. The number of aromatic nitrogens is 2. The molecular weight excluding hydrogens is 260 g/mol. The van der Waals surface area contributed by atoms with Gasteiger partial charge in [0, 0.05) is 5.39 Å². The van der Waals surface area contributed by atoms with Crippen molar-refractivity contribution >= 4 is 22.5 Å². The second kappa shape index (κ2) is 4.93. The number of hydrogen-bond acceptors (Lipinski definition) is 5. The molecule has 0 aliphatic rings. The fourth-order valence-electron chi connectivity index (χ4n) is 1.98. The second-order valence-electron chi connectivity index (χ2n) is 4.13. The van der Waals surface area contributed by atoms with Crippen LogP contribution in [-0.4, -0.2) is 21.5 Å². The van der Waals surface area contributed by atoms with E-state index in [-0.39, 0.29) is 5.75 Å². The molecule has 0 atom stereocenters. The third-order valence-electron chi connectivity index (χ3n) is 2.87. The summed E-state index contributed by atoms with van der Waals surface area (Å²) in [6.07, 6.45) is 1.98. The summed E-state index contributed by atoms with van der Waals surface area (Å²) in [6, 6.07) is 11.4. The lowest BCUT2D eigenvalue weighted by Gasteiger charge is -2.04. The van der Waals surface area contributed by atoms with Gasteiger partial charge in [0.1, 0.15) is 5.75 Å². The van der Waals surface area contributed by atoms with E-state index in [1.807, 2.05) is 36.6 Å². The molecule has 0 aliphatic heterocycles. The first-order chi connectivity index (χ1) is 9.29. The second-order valence-corrected chi connectivity index (χ2v) is 5.00. The molecule has 3 rings (SSSR count). The molecule has 1 heterocycles. The highest BCUT2D eigenvalue weighted by Gasteiger charge is 2.14. The Kier molecular flexibility index (Phi) is 3.13. The molecule has 0 saturated heterocycles. The summed E-state index contributed by atoms with van der Waals surface area (Å²) in [7, 11) is 0. The SMILES string of the molecule is CSCc1noc(-c2ccc3ccccc3c2O)n1. The van der Waals surface area contributed by atoms with Gasteiger partial charge in [-0.25, -0.2) is 0 Å². The van der Waals surface area contributed by atoms with E-state index in [0.717, 1.165) is 10.8 Å². The first-order valence-electron chi connectivity index (χ1n) is 5.82. The van der Waals surface area contributed by atoms with Crippen LogP contribution in [0, 0.1) is 0 Å². The summed E-state index contributed by atoms with van der Waals surface area (Å²) in [6.45, 7) is 0. The molecule has 0 spiro atoms. The highest BCUT2D eigenvalue weighted by Crippen LogP contribution is 2.34. The van der Waals surface area contributed by atoms with Crippen molar-refractivity contribution in [1.82, 2.24) is 10.1 Å². The number of fused-ring (bicyclic) bond motifs is 1. The van der Waals surface area contributed by atoms with Crippen LogP contribution in [0.15, 0.2) is 40.9 Å². The van der Waals surface area contributed by atoms with Crippen molar-refractivity contribution in [3.8, 4) is 17.2 Å². The molecule has 0 bridgehead atoms. The van der Waals surface area contributed by atoms with Crippen molar-refractivity contribution in [1.29, 1.82) is 0 Å². The van der Waals surface area contributed by atoms with E-state index in [9.17, 15) is 5.11 Å². The van der Waals surface area contributed by atoms with Crippen molar-refractivity contribution in [3.05, 3.63) is 42.2 Å². The smallest absolute Gasteiger partial charge is 0.261 e. The number of phenols is 1. The van der Waals surface area contributed by atoms with Gasteiger partial charge in [0.05, 0.1) is 11.3 Å². The van der Waals surface area contributed by atoms with E-state index in [1.54, 1.807) is 17.8 Å². The average molecular weight is 272 g/mol. The van der Waals surface area contributed by atoms with Crippen LogP contribution < -0.4 is 0 Å². The van der Waals surface area contributed by atoms with E-state index in [1.165, 1.54) is 0 Å². The van der Waals surface area contributed by atoms with Crippen LogP contribution in [0.4, 0.5) is 0 Å². The molecular formula is C14H12N2O2S. The van der Waals surface area contributed by atoms with Crippen molar-refractivity contribution < 1.29 is 9.63 Å². The molecule has 19 heavy (non-hydrogen) atoms. The maximum Gasteiger partial charge on any atom is 0.261 e. The molecule has 5 heteroatoms. The maximum atomic E-state index is 10.3. The minimum Gasteiger partial charge on any atom is -0.506 e. The number of hydrogen-bond donors (Lipinski definition) is 1. The largest absolute Gasteiger partial charge is 0.506 e. The minimum atomic E-state index is 0.178. The molecule has 1 aromatic heterocycles. The van der Waals surface area contributed by atoms with E-state index in [2.05, 4.69) is 10.1 Å². The van der Waals surface area contributed by atoms with E-state index < -0.39 is 0 Å². The van der Waals surface area contributed by atoms with Gasteiger partial charge in [-0.3, -0.25) is 0 Å². The average Bonchev–Trinajstić information content (AvgIpc) is 2.88. The van der Waals surface area contributed by atoms with Gasteiger partial charge in [0.2, 0.25) is 0 Å². The molecule has 0 amide bonds. The lowest BCUT2D eigenvalue weighted by atomic mass is 10.1. The summed E-state index contributed by atoms with van der Waals surface area (Å²) in [5.41, 5.74) is 0.568. The van der Waals surface area contributed by atoms with Crippen LogP contribution in [0.25, 0.3) is 22.2 Å². The normalized spacial score (nSPS) is 11.0. The Morgan fingerprint density at radius 1 is 1.21 bits per heavy atom. The number of nitrogens with zero attached hydrogens (tertiary/aromatic N) is 2. The zero-order chi connectivity index (χ0) is 13.2. The monoisotopic (exact) mass is 272 g/mol. The highest BCUT2D eigenvalue weighted by atomic mass is 32.2. The first kappa shape index (κ1) is 12.0. The van der Waals surface area contributed by atoms with Crippen molar-refractivity contribution in [2.45, 2.75) is 5.75 Å². The van der Waals surface area contributed by atoms with Gasteiger partial charge in [-0.1, -0.05) is 35.5 Å². The van der Waals surface area contributed by atoms with Crippen LogP contribution >= 0.6 is 11.8 Å². The van der Waals surface area contributed by atoms with E-state index >= 15 is 0 Å². The highest BCUT2D eigenvalue weighted by molar-refractivity contribution is 7.97. The van der Waals surface area contributed by atoms with Gasteiger partial charge >= 0.3 is 0 Å². The molecule has 0 radical (unpaired) electrons. The molecule has 2 aromatic carbocycles. The Hall–Kier alpha value is -2.01. The lowest BCUT2D eigenvalue weighted by Crippen LogP contribution is -1.84. The van der Waals surface area contributed by atoms with Crippen LogP contribution in [-0.2, 0) is 5.75 Å². The molecule has 3 aromatic rings. The number of thioether (sulfide) groups is 1. The summed E-state index contributed by atoms with van der Waals surface area (Å²) in [4.78, 5) is 4.28. The summed E-state index contributed by atoms with van der Waals surface area (Å²) in [5, 5.41) is 16.0. The molecule has 0 unspecified atom stereocenters. The molecule has 0 fully saturated rings.